The van der Waals surface area contributed by atoms with Gasteiger partial charge in [-0.3, -0.25) is 4.79 Å². The first kappa shape index (κ1) is 10.1. The van der Waals surface area contributed by atoms with Gasteiger partial charge in [0.25, 0.3) is 0 Å². The van der Waals surface area contributed by atoms with Crippen molar-refractivity contribution >= 4 is 5.78 Å². The van der Waals surface area contributed by atoms with Crippen LogP contribution in [0.25, 0.3) is 0 Å². The smallest absolute Gasteiger partial charge is 0.152 e. The molecule has 0 aromatic rings. The van der Waals surface area contributed by atoms with E-state index < -0.39 is 0 Å². The Morgan fingerprint density at radius 3 is 2.00 bits per heavy atom. The van der Waals surface area contributed by atoms with Crippen LogP contribution in [-0.4, -0.2) is 5.78 Å². The summed E-state index contributed by atoms with van der Waals surface area (Å²) in [6.07, 6.45) is 3.25. The van der Waals surface area contributed by atoms with Crippen LogP contribution in [0.15, 0.2) is 12.2 Å². The van der Waals surface area contributed by atoms with Crippen molar-refractivity contribution in [3.05, 3.63) is 12.2 Å². The molecule has 0 aliphatic rings. The SMILES string of the molecule is CC=CC(C)=O.[V]. The maximum atomic E-state index is 9.96. The van der Waals surface area contributed by atoms with Gasteiger partial charge in [0.2, 0.25) is 0 Å². The van der Waals surface area contributed by atoms with Gasteiger partial charge in [0.15, 0.2) is 5.78 Å². The van der Waals surface area contributed by atoms with E-state index in [4.69, 9.17) is 0 Å². The molecule has 1 radical (unpaired) electrons. The molecule has 0 rings (SSSR count). The van der Waals surface area contributed by atoms with Crippen LogP contribution in [0.4, 0.5) is 0 Å². The van der Waals surface area contributed by atoms with E-state index in [0.29, 0.717) is 0 Å². The number of rotatable bonds is 1. The third kappa shape index (κ3) is 10.7. The second-order valence-electron chi connectivity index (χ2n) is 1.11. The fraction of sp³-hybridized carbons (Fsp3) is 0.400. The van der Waals surface area contributed by atoms with Gasteiger partial charge < -0.3 is 0 Å². The predicted octanol–water partition coefficient (Wildman–Crippen LogP) is 1.15. The molecule has 39 valence electrons. The Kier molecular flexibility index (Phi) is 8.63. The van der Waals surface area contributed by atoms with Crippen LogP contribution >= 0.6 is 0 Å². The molecule has 0 spiro atoms. The van der Waals surface area contributed by atoms with E-state index in [1.54, 1.807) is 6.08 Å². The topological polar surface area (TPSA) is 17.1 Å². The summed E-state index contributed by atoms with van der Waals surface area (Å²) in [6.45, 7) is 3.35. The fourth-order valence-corrected chi connectivity index (χ4v) is 0.235. The van der Waals surface area contributed by atoms with Crippen LogP contribution in [0.1, 0.15) is 13.8 Å². The summed E-state index contributed by atoms with van der Waals surface area (Å²) in [5.74, 6) is 0.109. The fourth-order valence-electron chi connectivity index (χ4n) is 0.235. The van der Waals surface area contributed by atoms with Crippen molar-refractivity contribution in [3.63, 3.8) is 0 Å². The van der Waals surface area contributed by atoms with Crippen LogP contribution < -0.4 is 0 Å². The van der Waals surface area contributed by atoms with Crippen molar-refractivity contribution in [2.75, 3.05) is 0 Å². The Morgan fingerprint density at radius 2 is 2.00 bits per heavy atom. The standard InChI is InChI=1S/C5H8O.V/c1-3-4-5(2)6;/h3-4H,1-2H3;. The summed E-state index contributed by atoms with van der Waals surface area (Å²) in [5, 5.41) is 0. The van der Waals surface area contributed by atoms with Crippen molar-refractivity contribution < 1.29 is 23.4 Å². The minimum absolute atomic E-state index is 0. The molecule has 0 aromatic heterocycles. The molecule has 0 unspecified atom stereocenters. The Hall–Kier alpha value is -0.00558. The molecule has 0 atom stereocenters. The molecule has 0 aromatic carbocycles. The van der Waals surface area contributed by atoms with Gasteiger partial charge in [-0.25, -0.2) is 0 Å². The number of hydrogen-bond donors (Lipinski definition) is 0. The Labute approximate surface area is 55.7 Å². The zero-order valence-corrected chi connectivity index (χ0v) is 5.91. The van der Waals surface area contributed by atoms with Gasteiger partial charge in [-0.2, -0.15) is 0 Å². The summed E-state index contributed by atoms with van der Waals surface area (Å²) in [7, 11) is 0. The van der Waals surface area contributed by atoms with Crippen LogP contribution in [0.2, 0.25) is 0 Å². The van der Waals surface area contributed by atoms with E-state index in [9.17, 15) is 4.79 Å². The molecule has 0 bridgehead atoms. The van der Waals surface area contributed by atoms with Gasteiger partial charge >= 0.3 is 0 Å². The molecule has 0 aliphatic heterocycles. The van der Waals surface area contributed by atoms with Gasteiger partial charge in [0, 0.05) is 18.6 Å². The summed E-state index contributed by atoms with van der Waals surface area (Å²) in [6, 6.07) is 0. The first-order valence-corrected chi connectivity index (χ1v) is 1.90. The third-order valence-corrected chi connectivity index (χ3v) is 0.401. The monoisotopic (exact) mass is 135 g/mol. The van der Waals surface area contributed by atoms with Gasteiger partial charge in [-0.15, -0.1) is 0 Å². The second-order valence-corrected chi connectivity index (χ2v) is 1.11. The van der Waals surface area contributed by atoms with Crippen molar-refractivity contribution in [2.45, 2.75) is 13.8 Å². The Bertz CT molecular complexity index is 76.1. The number of carbonyl (C=O) groups is 1. The maximum Gasteiger partial charge on any atom is 0.152 e. The molecule has 0 amide bonds. The molecular weight excluding hydrogens is 127 g/mol. The van der Waals surface area contributed by atoms with Gasteiger partial charge in [0.1, 0.15) is 0 Å². The largest absolute Gasteiger partial charge is 0.295 e. The zero-order chi connectivity index (χ0) is 4.99. The van der Waals surface area contributed by atoms with Gasteiger partial charge in [-0.1, -0.05) is 6.08 Å². The first-order valence-electron chi connectivity index (χ1n) is 1.90. The average Bonchev–Trinajstić information content (AvgIpc) is 1.35. The minimum atomic E-state index is 0. The van der Waals surface area contributed by atoms with Crippen LogP contribution in [0, 0.1) is 0 Å². The molecule has 1 nitrogen and oxygen atoms in total. The molecule has 2 heteroatoms. The van der Waals surface area contributed by atoms with Crippen molar-refractivity contribution in [3.8, 4) is 0 Å². The van der Waals surface area contributed by atoms with Crippen LogP contribution in [-0.2, 0) is 23.4 Å². The third-order valence-electron chi connectivity index (χ3n) is 0.401. The second kappa shape index (κ2) is 5.99. The van der Waals surface area contributed by atoms with E-state index in [2.05, 4.69) is 0 Å². The molecule has 0 saturated heterocycles. The molecule has 0 fully saturated rings. The van der Waals surface area contributed by atoms with Gasteiger partial charge in [0.05, 0.1) is 0 Å². The molecule has 0 aliphatic carbocycles. The van der Waals surface area contributed by atoms with Gasteiger partial charge in [-0.05, 0) is 19.9 Å². The number of ketones is 1. The van der Waals surface area contributed by atoms with Crippen molar-refractivity contribution in [1.29, 1.82) is 0 Å². The average molecular weight is 135 g/mol. The van der Waals surface area contributed by atoms with E-state index in [1.807, 2.05) is 6.92 Å². The van der Waals surface area contributed by atoms with E-state index in [0.717, 1.165) is 0 Å². The van der Waals surface area contributed by atoms with E-state index in [-0.39, 0.29) is 24.3 Å². The first-order chi connectivity index (χ1) is 2.77. The molecule has 7 heavy (non-hydrogen) atoms. The molecule has 0 saturated carbocycles. The number of carbonyl (C=O) groups excluding carboxylic acids is 1. The predicted molar refractivity (Wildman–Crippen MR) is 25.5 cm³/mol. The Balaban J connectivity index is 0. The zero-order valence-electron chi connectivity index (χ0n) is 4.51. The molecular formula is C5H8OV. The van der Waals surface area contributed by atoms with Crippen LogP contribution in [0.5, 0.6) is 0 Å². The summed E-state index contributed by atoms with van der Waals surface area (Å²) >= 11 is 0. The minimum Gasteiger partial charge on any atom is -0.295 e. The number of hydrogen-bond acceptors (Lipinski definition) is 1. The summed E-state index contributed by atoms with van der Waals surface area (Å²) in [4.78, 5) is 9.96. The summed E-state index contributed by atoms with van der Waals surface area (Å²) < 4.78 is 0. The van der Waals surface area contributed by atoms with E-state index in [1.165, 1.54) is 13.0 Å². The number of allylic oxidation sites excluding steroid dienone is 2. The quantitative estimate of drug-likeness (QED) is 0.493. The molecule has 0 heterocycles. The molecule has 0 N–H and O–H groups in total. The van der Waals surface area contributed by atoms with E-state index >= 15 is 0 Å². The van der Waals surface area contributed by atoms with Crippen LogP contribution in [0.3, 0.4) is 0 Å². The summed E-state index contributed by atoms with van der Waals surface area (Å²) in [5.41, 5.74) is 0. The Morgan fingerprint density at radius 1 is 1.57 bits per heavy atom. The van der Waals surface area contributed by atoms with Crippen molar-refractivity contribution in [1.82, 2.24) is 0 Å². The normalized spacial score (nSPS) is 8.29. The maximum absolute atomic E-state index is 9.96. The van der Waals surface area contributed by atoms with Crippen molar-refractivity contribution in [2.24, 2.45) is 0 Å².